The number of hydrogen-bond acceptors (Lipinski definition) is 5. The molecule has 1 heterocycles. The van der Waals surface area contributed by atoms with Crippen molar-refractivity contribution in [2.45, 2.75) is 46.4 Å². The van der Waals surface area contributed by atoms with Crippen molar-refractivity contribution >= 4 is 11.9 Å². The first-order valence-corrected chi connectivity index (χ1v) is 7.76. The first-order valence-electron chi connectivity index (χ1n) is 7.76. The number of aromatic amines is 1. The van der Waals surface area contributed by atoms with E-state index in [9.17, 15) is 9.90 Å². The van der Waals surface area contributed by atoms with Crippen LogP contribution in [0.2, 0.25) is 0 Å². The number of aromatic hydroxyl groups is 1. The SMILES string of the molecule is Cc1cccc(CNCc2cn[nH]c2NC(=O)OC(C)(C)C)c1O. The predicted octanol–water partition coefficient (Wildman–Crippen LogP) is 3.06. The standard InChI is InChI=1S/C17H24N4O3/c1-11-6-5-7-12(14(11)22)8-18-9-13-10-19-21-15(13)20-16(23)24-17(2,3)4/h5-7,10,18,22H,8-9H2,1-4H3,(H2,19,20,21,23). The van der Waals surface area contributed by atoms with Gasteiger partial charge in [-0.25, -0.2) is 4.79 Å². The van der Waals surface area contributed by atoms with Crippen molar-refractivity contribution in [1.29, 1.82) is 0 Å². The smallest absolute Gasteiger partial charge is 0.413 e. The lowest BCUT2D eigenvalue weighted by molar-refractivity contribution is 0.0635. The molecule has 130 valence electrons. The van der Waals surface area contributed by atoms with Crippen LogP contribution in [0.1, 0.15) is 37.5 Å². The molecule has 0 aliphatic heterocycles. The first-order chi connectivity index (χ1) is 11.3. The summed E-state index contributed by atoms with van der Waals surface area (Å²) in [6.07, 6.45) is 1.10. The number of aromatic nitrogens is 2. The van der Waals surface area contributed by atoms with Crippen LogP contribution in [0, 0.1) is 6.92 Å². The van der Waals surface area contributed by atoms with Gasteiger partial charge in [0, 0.05) is 24.2 Å². The molecule has 0 saturated carbocycles. The zero-order valence-corrected chi connectivity index (χ0v) is 14.4. The third-order valence-corrected chi connectivity index (χ3v) is 3.30. The van der Waals surface area contributed by atoms with E-state index in [4.69, 9.17) is 4.74 Å². The molecule has 0 fully saturated rings. The Kier molecular flexibility index (Phi) is 5.46. The molecule has 0 radical (unpaired) electrons. The summed E-state index contributed by atoms with van der Waals surface area (Å²) in [5.41, 5.74) is 1.89. The number of nitrogens with zero attached hydrogens (tertiary/aromatic N) is 1. The van der Waals surface area contributed by atoms with Crippen molar-refractivity contribution < 1.29 is 14.6 Å². The number of carbonyl (C=O) groups is 1. The number of phenolic OH excluding ortho intramolecular Hbond substituents is 1. The number of nitrogens with one attached hydrogen (secondary N) is 3. The predicted molar refractivity (Wildman–Crippen MR) is 91.8 cm³/mol. The van der Waals surface area contributed by atoms with Gasteiger partial charge in [-0.05, 0) is 33.3 Å². The molecule has 7 heteroatoms. The number of ether oxygens (including phenoxy) is 1. The lowest BCUT2D eigenvalue weighted by Gasteiger charge is -2.19. The minimum atomic E-state index is -0.564. The van der Waals surface area contributed by atoms with Gasteiger partial charge >= 0.3 is 6.09 Å². The second-order valence-corrected chi connectivity index (χ2v) is 6.58. The number of para-hydroxylation sites is 1. The third kappa shape index (κ3) is 4.99. The Morgan fingerprint density at radius 3 is 2.71 bits per heavy atom. The van der Waals surface area contributed by atoms with E-state index in [1.54, 1.807) is 27.0 Å². The van der Waals surface area contributed by atoms with Crippen molar-refractivity contribution in [2.24, 2.45) is 0 Å². The van der Waals surface area contributed by atoms with E-state index in [-0.39, 0.29) is 0 Å². The van der Waals surface area contributed by atoms with Crippen molar-refractivity contribution in [1.82, 2.24) is 15.5 Å². The molecule has 0 aliphatic rings. The summed E-state index contributed by atoms with van der Waals surface area (Å²) < 4.78 is 5.22. The number of benzene rings is 1. The highest BCUT2D eigenvalue weighted by molar-refractivity contribution is 5.84. The van der Waals surface area contributed by atoms with Crippen LogP contribution < -0.4 is 10.6 Å². The van der Waals surface area contributed by atoms with Gasteiger partial charge in [0.2, 0.25) is 0 Å². The average molecular weight is 332 g/mol. The number of phenols is 1. The Bertz CT molecular complexity index is 704. The van der Waals surface area contributed by atoms with Crippen molar-refractivity contribution in [2.75, 3.05) is 5.32 Å². The molecule has 0 atom stereocenters. The summed E-state index contributed by atoms with van der Waals surface area (Å²) in [6.45, 7) is 8.25. The Hall–Kier alpha value is -2.54. The summed E-state index contributed by atoms with van der Waals surface area (Å²) >= 11 is 0. The van der Waals surface area contributed by atoms with Crippen LogP contribution in [0.15, 0.2) is 24.4 Å². The lowest BCUT2D eigenvalue weighted by atomic mass is 10.1. The van der Waals surface area contributed by atoms with Gasteiger partial charge in [-0.2, -0.15) is 5.10 Å². The molecule has 2 rings (SSSR count). The van der Waals surface area contributed by atoms with E-state index in [1.165, 1.54) is 0 Å². The zero-order valence-electron chi connectivity index (χ0n) is 14.4. The summed E-state index contributed by atoms with van der Waals surface area (Å²) in [5.74, 6) is 0.787. The summed E-state index contributed by atoms with van der Waals surface area (Å²) in [5, 5.41) is 22.6. The number of H-pyrrole nitrogens is 1. The monoisotopic (exact) mass is 332 g/mol. The van der Waals surface area contributed by atoms with Crippen LogP contribution in [-0.4, -0.2) is 27.0 Å². The highest BCUT2D eigenvalue weighted by atomic mass is 16.6. The van der Waals surface area contributed by atoms with Gasteiger partial charge in [0.05, 0.1) is 6.20 Å². The topological polar surface area (TPSA) is 99.3 Å². The highest BCUT2D eigenvalue weighted by Crippen LogP contribution is 2.21. The molecule has 0 unspecified atom stereocenters. The highest BCUT2D eigenvalue weighted by Gasteiger charge is 2.17. The summed E-state index contributed by atoms with van der Waals surface area (Å²) in [6, 6.07) is 5.63. The molecule has 24 heavy (non-hydrogen) atoms. The van der Waals surface area contributed by atoms with Crippen molar-refractivity contribution in [3.63, 3.8) is 0 Å². The number of hydrogen-bond donors (Lipinski definition) is 4. The minimum Gasteiger partial charge on any atom is -0.507 e. The van der Waals surface area contributed by atoms with E-state index >= 15 is 0 Å². The van der Waals surface area contributed by atoms with Crippen LogP contribution in [0.25, 0.3) is 0 Å². The van der Waals surface area contributed by atoms with E-state index in [2.05, 4.69) is 20.8 Å². The van der Waals surface area contributed by atoms with Crippen LogP contribution in [0.3, 0.4) is 0 Å². The van der Waals surface area contributed by atoms with Crippen LogP contribution in [0.5, 0.6) is 5.75 Å². The third-order valence-electron chi connectivity index (χ3n) is 3.30. The molecular weight excluding hydrogens is 308 g/mol. The number of rotatable bonds is 5. The molecular formula is C17H24N4O3. The average Bonchev–Trinajstić information content (AvgIpc) is 2.88. The Morgan fingerprint density at radius 1 is 1.29 bits per heavy atom. The molecule has 0 saturated heterocycles. The van der Waals surface area contributed by atoms with Crippen LogP contribution in [-0.2, 0) is 17.8 Å². The second-order valence-electron chi connectivity index (χ2n) is 6.58. The molecule has 1 amide bonds. The Morgan fingerprint density at radius 2 is 2.00 bits per heavy atom. The molecule has 0 spiro atoms. The minimum absolute atomic E-state index is 0.296. The van der Waals surface area contributed by atoms with Crippen molar-refractivity contribution in [3.8, 4) is 5.75 Å². The maximum Gasteiger partial charge on any atom is 0.413 e. The van der Waals surface area contributed by atoms with E-state index in [0.717, 1.165) is 16.7 Å². The van der Waals surface area contributed by atoms with Crippen LogP contribution in [0.4, 0.5) is 10.6 Å². The molecule has 0 bridgehead atoms. The molecule has 1 aromatic heterocycles. The van der Waals surface area contributed by atoms with Gasteiger partial charge < -0.3 is 15.2 Å². The Balaban J connectivity index is 1.91. The Labute approximate surface area is 141 Å². The van der Waals surface area contributed by atoms with Gasteiger partial charge in [-0.1, -0.05) is 18.2 Å². The van der Waals surface area contributed by atoms with E-state index in [0.29, 0.717) is 24.7 Å². The summed E-state index contributed by atoms with van der Waals surface area (Å²) in [4.78, 5) is 11.8. The fourth-order valence-electron chi connectivity index (χ4n) is 2.15. The molecule has 1 aromatic carbocycles. The van der Waals surface area contributed by atoms with Gasteiger partial charge in [0.15, 0.2) is 0 Å². The second kappa shape index (κ2) is 7.35. The summed E-state index contributed by atoms with van der Waals surface area (Å²) in [7, 11) is 0. The fraction of sp³-hybridized carbons (Fsp3) is 0.412. The zero-order chi connectivity index (χ0) is 17.7. The number of amides is 1. The normalized spacial score (nSPS) is 11.3. The van der Waals surface area contributed by atoms with Gasteiger partial charge in [0.25, 0.3) is 0 Å². The number of aryl methyl sites for hydroxylation is 1. The number of anilines is 1. The molecule has 0 aliphatic carbocycles. The molecule has 4 N–H and O–H groups in total. The van der Waals surface area contributed by atoms with Crippen LogP contribution >= 0.6 is 0 Å². The maximum absolute atomic E-state index is 11.8. The largest absolute Gasteiger partial charge is 0.507 e. The van der Waals surface area contributed by atoms with E-state index in [1.807, 2.05) is 25.1 Å². The fourth-order valence-corrected chi connectivity index (χ4v) is 2.15. The maximum atomic E-state index is 11.8. The van der Waals surface area contributed by atoms with Gasteiger partial charge in [-0.15, -0.1) is 0 Å². The molecule has 2 aromatic rings. The molecule has 7 nitrogen and oxygen atoms in total. The lowest BCUT2D eigenvalue weighted by Crippen LogP contribution is -2.27. The van der Waals surface area contributed by atoms with Gasteiger partial charge in [0.1, 0.15) is 17.2 Å². The van der Waals surface area contributed by atoms with E-state index < -0.39 is 11.7 Å². The first kappa shape index (κ1) is 17.8. The quantitative estimate of drug-likeness (QED) is 0.674. The van der Waals surface area contributed by atoms with Crippen molar-refractivity contribution in [3.05, 3.63) is 41.1 Å². The number of carbonyl (C=O) groups excluding carboxylic acids is 1. The van der Waals surface area contributed by atoms with Gasteiger partial charge in [-0.3, -0.25) is 10.4 Å².